The molecule has 2 aromatic carbocycles. The number of carbonyl (C=O) groups excluding carboxylic acids is 1. The fourth-order valence-corrected chi connectivity index (χ4v) is 3.58. The van der Waals surface area contributed by atoms with Crippen LogP contribution in [0.25, 0.3) is 0 Å². The van der Waals surface area contributed by atoms with Crippen LogP contribution in [0.5, 0.6) is 5.75 Å². The largest absolute Gasteiger partial charge is 0.484 e. The standard InChI is InChI=1S/C18H16Cl2N2O2S/c1-12-11-25-18(21-12)22(15-6-2-13(19)3-7-15)17(23)10-24-16-8-4-14(20)5-9-16/h2-9,12H,10-11H2,1H3/t12-/m0/s1. The van der Waals surface area contributed by atoms with Gasteiger partial charge in [-0.15, -0.1) is 0 Å². The molecule has 4 nitrogen and oxygen atoms in total. The molecule has 7 heteroatoms. The van der Waals surface area contributed by atoms with Crippen molar-refractivity contribution >= 4 is 51.7 Å². The van der Waals surface area contributed by atoms with Crippen LogP contribution in [0.4, 0.5) is 5.69 Å². The van der Waals surface area contributed by atoms with Crippen molar-refractivity contribution in [2.45, 2.75) is 13.0 Å². The molecule has 0 fully saturated rings. The van der Waals surface area contributed by atoms with Crippen LogP contribution in [0.1, 0.15) is 6.92 Å². The van der Waals surface area contributed by atoms with E-state index in [4.69, 9.17) is 27.9 Å². The first-order chi connectivity index (χ1) is 12.0. The molecule has 0 radical (unpaired) electrons. The van der Waals surface area contributed by atoms with Gasteiger partial charge in [0.15, 0.2) is 11.8 Å². The van der Waals surface area contributed by atoms with Gasteiger partial charge in [0.1, 0.15) is 5.75 Å². The van der Waals surface area contributed by atoms with Crippen molar-refractivity contribution in [3.8, 4) is 5.75 Å². The van der Waals surface area contributed by atoms with Gasteiger partial charge < -0.3 is 4.74 Å². The molecule has 0 aromatic heterocycles. The van der Waals surface area contributed by atoms with Crippen LogP contribution >= 0.6 is 35.0 Å². The molecular formula is C18H16Cl2N2O2S. The summed E-state index contributed by atoms with van der Waals surface area (Å²) >= 11 is 13.4. The fourth-order valence-electron chi connectivity index (χ4n) is 2.27. The number of halogens is 2. The highest BCUT2D eigenvalue weighted by Gasteiger charge is 2.27. The topological polar surface area (TPSA) is 41.9 Å². The number of benzene rings is 2. The molecule has 25 heavy (non-hydrogen) atoms. The minimum Gasteiger partial charge on any atom is -0.484 e. The third-order valence-corrected chi connectivity index (χ3v) is 5.19. The van der Waals surface area contributed by atoms with Crippen molar-refractivity contribution in [2.24, 2.45) is 4.99 Å². The summed E-state index contributed by atoms with van der Waals surface area (Å²) in [5, 5.41) is 1.91. The SMILES string of the molecule is C[C@H]1CSC(N(C(=O)COc2ccc(Cl)cc2)c2ccc(Cl)cc2)=N1. The molecule has 0 bridgehead atoms. The minimum atomic E-state index is -0.197. The van der Waals surface area contributed by atoms with Gasteiger partial charge in [0, 0.05) is 15.8 Å². The fraction of sp³-hybridized carbons (Fsp3) is 0.222. The summed E-state index contributed by atoms with van der Waals surface area (Å²) < 4.78 is 5.60. The number of hydrogen-bond acceptors (Lipinski definition) is 4. The van der Waals surface area contributed by atoms with Gasteiger partial charge in [-0.25, -0.2) is 0 Å². The second-order valence-corrected chi connectivity index (χ2v) is 7.38. The van der Waals surface area contributed by atoms with E-state index >= 15 is 0 Å². The Morgan fingerprint density at radius 1 is 1.16 bits per heavy atom. The van der Waals surface area contributed by atoms with E-state index in [1.807, 2.05) is 6.92 Å². The summed E-state index contributed by atoms with van der Waals surface area (Å²) in [4.78, 5) is 18.9. The maximum atomic E-state index is 12.8. The molecule has 1 atom stereocenters. The Labute approximate surface area is 160 Å². The van der Waals surface area contributed by atoms with Crippen LogP contribution in [-0.2, 0) is 4.79 Å². The number of ether oxygens (including phenoxy) is 1. The first-order valence-corrected chi connectivity index (χ1v) is 9.44. The number of rotatable bonds is 4. The molecule has 1 amide bonds. The Balaban J connectivity index is 1.78. The monoisotopic (exact) mass is 394 g/mol. The number of thioether (sulfide) groups is 1. The third-order valence-electron chi connectivity index (χ3n) is 3.49. The number of aliphatic imine (C=N–C) groups is 1. The second kappa shape index (κ2) is 8.13. The van der Waals surface area contributed by atoms with Crippen molar-refractivity contribution < 1.29 is 9.53 Å². The highest BCUT2D eigenvalue weighted by molar-refractivity contribution is 8.14. The lowest BCUT2D eigenvalue weighted by atomic mass is 10.3. The van der Waals surface area contributed by atoms with Crippen molar-refractivity contribution in [3.63, 3.8) is 0 Å². The van der Waals surface area contributed by atoms with E-state index in [2.05, 4.69) is 4.99 Å². The van der Waals surface area contributed by atoms with Gasteiger partial charge in [0.25, 0.3) is 5.91 Å². The third kappa shape index (κ3) is 4.69. The molecule has 0 saturated carbocycles. The molecule has 1 aliphatic heterocycles. The van der Waals surface area contributed by atoms with Gasteiger partial charge in [0.05, 0.1) is 11.7 Å². The molecule has 0 saturated heterocycles. The first-order valence-electron chi connectivity index (χ1n) is 7.70. The minimum absolute atomic E-state index is 0.0990. The summed E-state index contributed by atoms with van der Waals surface area (Å²) in [7, 11) is 0. The van der Waals surface area contributed by atoms with Gasteiger partial charge in [-0.05, 0) is 55.5 Å². The first kappa shape index (κ1) is 18.1. The Morgan fingerprint density at radius 3 is 2.32 bits per heavy atom. The number of amidine groups is 1. The van der Waals surface area contributed by atoms with E-state index in [0.29, 0.717) is 21.0 Å². The highest BCUT2D eigenvalue weighted by atomic mass is 35.5. The molecule has 1 heterocycles. The molecule has 0 N–H and O–H groups in total. The number of hydrogen-bond donors (Lipinski definition) is 0. The summed E-state index contributed by atoms with van der Waals surface area (Å²) in [5.74, 6) is 1.24. The summed E-state index contributed by atoms with van der Waals surface area (Å²) in [5.41, 5.74) is 0.717. The van der Waals surface area contributed by atoms with Gasteiger partial charge in [-0.1, -0.05) is 35.0 Å². The average Bonchev–Trinajstić information content (AvgIpc) is 3.02. The summed E-state index contributed by atoms with van der Waals surface area (Å²) in [6, 6.07) is 14.2. The van der Waals surface area contributed by atoms with Crippen molar-refractivity contribution in [3.05, 3.63) is 58.6 Å². The molecule has 130 valence electrons. The van der Waals surface area contributed by atoms with Gasteiger partial charge in [-0.3, -0.25) is 14.7 Å². The number of amides is 1. The van der Waals surface area contributed by atoms with E-state index in [1.165, 1.54) is 0 Å². The normalized spacial score (nSPS) is 16.4. The van der Waals surface area contributed by atoms with E-state index in [9.17, 15) is 4.79 Å². The maximum Gasteiger partial charge on any atom is 0.271 e. The van der Waals surface area contributed by atoms with Crippen LogP contribution in [0.2, 0.25) is 10.0 Å². The molecule has 0 aliphatic carbocycles. The summed E-state index contributed by atoms with van der Waals surface area (Å²) in [6.45, 7) is 1.92. The lowest BCUT2D eigenvalue weighted by Gasteiger charge is -2.22. The van der Waals surface area contributed by atoms with E-state index in [-0.39, 0.29) is 18.6 Å². The quantitative estimate of drug-likeness (QED) is 0.740. The zero-order valence-electron chi connectivity index (χ0n) is 13.5. The predicted octanol–water partition coefficient (Wildman–Crippen LogP) is 4.90. The van der Waals surface area contributed by atoms with E-state index in [0.717, 1.165) is 11.4 Å². The van der Waals surface area contributed by atoms with Crippen molar-refractivity contribution in [1.29, 1.82) is 0 Å². The summed E-state index contributed by atoms with van der Waals surface area (Å²) in [6.07, 6.45) is 0. The molecule has 0 unspecified atom stereocenters. The van der Waals surface area contributed by atoms with E-state index < -0.39 is 0 Å². The zero-order chi connectivity index (χ0) is 17.8. The highest BCUT2D eigenvalue weighted by Crippen LogP contribution is 2.27. The second-order valence-electron chi connectivity index (χ2n) is 5.52. The van der Waals surface area contributed by atoms with Crippen LogP contribution in [0, 0.1) is 0 Å². The lowest BCUT2D eigenvalue weighted by Crippen LogP contribution is -2.38. The lowest BCUT2D eigenvalue weighted by molar-refractivity contribution is -0.119. The number of carbonyl (C=O) groups is 1. The molecule has 3 rings (SSSR count). The Kier molecular flexibility index (Phi) is 5.89. The maximum absolute atomic E-state index is 12.8. The van der Waals surface area contributed by atoms with E-state index in [1.54, 1.807) is 65.2 Å². The molecule has 1 aliphatic rings. The Hall–Kier alpha value is -1.69. The van der Waals surface area contributed by atoms with Crippen molar-refractivity contribution in [2.75, 3.05) is 17.3 Å². The van der Waals surface area contributed by atoms with Gasteiger partial charge in [0.2, 0.25) is 0 Å². The van der Waals surface area contributed by atoms with Crippen LogP contribution in [0.3, 0.4) is 0 Å². The van der Waals surface area contributed by atoms with Gasteiger partial charge in [-0.2, -0.15) is 0 Å². The molecular weight excluding hydrogens is 379 g/mol. The number of nitrogens with zero attached hydrogens (tertiary/aromatic N) is 2. The van der Waals surface area contributed by atoms with Crippen LogP contribution < -0.4 is 9.64 Å². The zero-order valence-corrected chi connectivity index (χ0v) is 15.8. The average molecular weight is 395 g/mol. The smallest absolute Gasteiger partial charge is 0.271 e. The Bertz CT molecular complexity index is 779. The van der Waals surface area contributed by atoms with Crippen LogP contribution in [-0.4, -0.2) is 29.5 Å². The molecule has 2 aromatic rings. The number of anilines is 1. The predicted molar refractivity (Wildman–Crippen MR) is 105 cm³/mol. The Morgan fingerprint density at radius 2 is 1.76 bits per heavy atom. The van der Waals surface area contributed by atoms with Crippen LogP contribution in [0.15, 0.2) is 53.5 Å². The van der Waals surface area contributed by atoms with Gasteiger partial charge >= 0.3 is 0 Å². The van der Waals surface area contributed by atoms with Crippen molar-refractivity contribution in [1.82, 2.24) is 0 Å². The molecule has 0 spiro atoms.